The SMILES string of the molecule is Cc1noc(C)c1CNC(=O)CCc1nc2ccccc2[nH]c1=O. The van der Waals surface area contributed by atoms with Crippen LogP contribution in [0.2, 0.25) is 0 Å². The fraction of sp³-hybridized carbons (Fsp3) is 0.294. The number of aromatic amines is 1. The van der Waals surface area contributed by atoms with Gasteiger partial charge in [-0.2, -0.15) is 0 Å². The van der Waals surface area contributed by atoms with Crippen LogP contribution in [0.4, 0.5) is 0 Å². The monoisotopic (exact) mass is 326 g/mol. The van der Waals surface area contributed by atoms with Crippen LogP contribution in [0.15, 0.2) is 33.6 Å². The second-order valence-electron chi connectivity index (χ2n) is 5.61. The van der Waals surface area contributed by atoms with Crippen molar-refractivity contribution in [1.82, 2.24) is 20.4 Å². The van der Waals surface area contributed by atoms with E-state index in [0.29, 0.717) is 29.0 Å². The summed E-state index contributed by atoms with van der Waals surface area (Å²) in [6.45, 7) is 4.00. The summed E-state index contributed by atoms with van der Waals surface area (Å²) in [5.41, 5.74) is 3.15. The first-order valence-electron chi connectivity index (χ1n) is 7.71. The molecule has 0 spiro atoms. The smallest absolute Gasteiger partial charge is 0.270 e. The Hall–Kier alpha value is -2.96. The van der Waals surface area contributed by atoms with Crippen LogP contribution >= 0.6 is 0 Å². The maximum absolute atomic E-state index is 12.0. The molecule has 7 nitrogen and oxygen atoms in total. The lowest BCUT2D eigenvalue weighted by Crippen LogP contribution is -2.25. The number of carbonyl (C=O) groups excluding carboxylic acids is 1. The highest BCUT2D eigenvalue weighted by molar-refractivity contribution is 5.76. The number of fused-ring (bicyclic) bond motifs is 1. The predicted octanol–water partition coefficient (Wildman–Crippen LogP) is 1.78. The average Bonchev–Trinajstić information content (AvgIpc) is 2.89. The molecule has 2 heterocycles. The third-order valence-corrected chi connectivity index (χ3v) is 3.90. The molecule has 0 atom stereocenters. The van der Waals surface area contributed by atoms with Gasteiger partial charge in [-0.1, -0.05) is 17.3 Å². The van der Waals surface area contributed by atoms with Crippen LogP contribution in [-0.4, -0.2) is 21.0 Å². The van der Waals surface area contributed by atoms with E-state index in [1.807, 2.05) is 25.1 Å². The van der Waals surface area contributed by atoms with Gasteiger partial charge >= 0.3 is 0 Å². The van der Waals surface area contributed by atoms with Crippen LogP contribution in [-0.2, 0) is 17.8 Å². The number of hydrogen-bond acceptors (Lipinski definition) is 5. The third-order valence-electron chi connectivity index (χ3n) is 3.90. The van der Waals surface area contributed by atoms with Gasteiger partial charge in [0.2, 0.25) is 5.91 Å². The summed E-state index contributed by atoms with van der Waals surface area (Å²) in [4.78, 5) is 31.1. The van der Waals surface area contributed by atoms with Crippen molar-refractivity contribution in [3.8, 4) is 0 Å². The second-order valence-corrected chi connectivity index (χ2v) is 5.61. The maximum Gasteiger partial charge on any atom is 0.270 e. The van der Waals surface area contributed by atoms with Gasteiger partial charge in [0.1, 0.15) is 11.5 Å². The number of para-hydroxylation sites is 2. The highest BCUT2D eigenvalue weighted by Crippen LogP contribution is 2.11. The van der Waals surface area contributed by atoms with E-state index >= 15 is 0 Å². The third kappa shape index (κ3) is 3.34. The number of rotatable bonds is 5. The molecular weight excluding hydrogens is 308 g/mol. The summed E-state index contributed by atoms with van der Waals surface area (Å²) in [5, 5.41) is 6.66. The molecule has 0 saturated carbocycles. The van der Waals surface area contributed by atoms with Crippen molar-refractivity contribution >= 4 is 16.9 Å². The minimum atomic E-state index is -0.257. The molecule has 3 aromatic rings. The van der Waals surface area contributed by atoms with Crippen molar-refractivity contribution in [3.63, 3.8) is 0 Å². The molecule has 0 aliphatic carbocycles. The number of aryl methyl sites for hydroxylation is 3. The first-order chi connectivity index (χ1) is 11.5. The van der Waals surface area contributed by atoms with Gasteiger partial charge in [-0.05, 0) is 26.0 Å². The van der Waals surface area contributed by atoms with E-state index in [-0.39, 0.29) is 24.3 Å². The van der Waals surface area contributed by atoms with Crippen molar-refractivity contribution < 1.29 is 9.32 Å². The summed E-state index contributed by atoms with van der Waals surface area (Å²) >= 11 is 0. The highest BCUT2D eigenvalue weighted by atomic mass is 16.5. The molecule has 24 heavy (non-hydrogen) atoms. The molecule has 3 rings (SSSR count). The molecule has 0 aliphatic heterocycles. The number of nitrogens with one attached hydrogen (secondary N) is 2. The first-order valence-corrected chi connectivity index (χ1v) is 7.71. The summed E-state index contributed by atoms with van der Waals surface area (Å²) < 4.78 is 5.06. The van der Waals surface area contributed by atoms with E-state index in [0.717, 1.165) is 11.3 Å². The zero-order valence-corrected chi connectivity index (χ0v) is 13.5. The zero-order chi connectivity index (χ0) is 17.1. The van der Waals surface area contributed by atoms with Gasteiger partial charge in [0.25, 0.3) is 5.56 Å². The van der Waals surface area contributed by atoms with E-state index in [4.69, 9.17) is 4.52 Å². The molecule has 7 heteroatoms. The number of aromatic nitrogens is 3. The second kappa shape index (κ2) is 6.66. The Kier molecular flexibility index (Phi) is 4.41. The van der Waals surface area contributed by atoms with Crippen LogP contribution < -0.4 is 10.9 Å². The summed E-state index contributed by atoms with van der Waals surface area (Å²) in [5.74, 6) is 0.546. The lowest BCUT2D eigenvalue weighted by atomic mass is 10.2. The molecular formula is C17H18N4O3. The van der Waals surface area contributed by atoms with Gasteiger partial charge in [-0.3, -0.25) is 9.59 Å². The number of H-pyrrole nitrogens is 1. The van der Waals surface area contributed by atoms with Gasteiger partial charge in [0, 0.05) is 24.9 Å². The molecule has 0 aliphatic rings. The number of nitrogens with zero attached hydrogens (tertiary/aromatic N) is 2. The summed E-state index contributed by atoms with van der Waals surface area (Å²) in [7, 11) is 0. The lowest BCUT2D eigenvalue weighted by molar-refractivity contribution is -0.121. The molecule has 2 aromatic heterocycles. The van der Waals surface area contributed by atoms with Crippen molar-refractivity contribution in [3.05, 3.63) is 57.3 Å². The highest BCUT2D eigenvalue weighted by Gasteiger charge is 2.11. The topological polar surface area (TPSA) is 101 Å². The van der Waals surface area contributed by atoms with Gasteiger partial charge in [0.05, 0.1) is 16.7 Å². The molecule has 0 fully saturated rings. The number of hydrogen-bond donors (Lipinski definition) is 2. The van der Waals surface area contributed by atoms with E-state index in [9.17, 15) is 9.59 Å². The fourth-order valence-corrected chi connectivity index (χ4v) is 2.50. The van der Waals surface area contributed by atoms with Crippen LogP contribution in [0.25, 0.3) is 11.0 Å². The molecule has 0 saturated heterocycles. The van der Waals surface area contributed by atoms with Gasteiger partial charge in [0.15, 0.2) is 0 Å². The van der Waals surface area contributed by atoms with E-state index in [2.05, 4.69) is 20.4 Å². The van der Waals surface area contributed by atoms with Crippen molar-refractivity contribution in [1.29, 1.82) is 0 Å². The maximum atomic E-state index is 12.0. The van der Waals surface area contributed by atoms with Gasteiger partial charge < -0.3 is 14.8 Å². The molecule has 0 bridgehead atoms. The van der Waals surface area contributed by atoms with Crippen molar-refractivity contribution in [2.75, 3.05) is 0 Å². The van der Waals surface area contributed by atoms with E-state index in [1.165, 1.54) is 0 Å². The zero-order valence-electron chi connectivity index (χ0n) is 13.5. The number of carbonyl (C=O) groups is 1. The summed E-state index contributed by atoms with van der Waals surface area (Å²) in [6.07, 6.45) is 0.478. The number of benzene rings is 1. The van der Waals surface area contributed by atoms with Crippen LogP contribution in [0, 0.1) is 13.8 Å². The molecule has 124 valence electrons. The average molecular weight is 326 g/mol. The minimum absolute atomic E-state index is 0.149. The van der Waals surface area contributed by atoms with E-state index in [1.54, 1.807) is 13.0 Å². The minimum Gasteiger partial charge on any atom is -0.361 e. The van der Waals surface area contributed by atoms with Crippen LogP contribution in [0.5, 0.6) is 0 Å². The Morgan fingerprint density at radius 2 is 2.08 bits per heavy atom. The van der Waals surface area contributed by atoms with Crippen LogP contribution in [0.1, 0.15) is 29.1 Å². The standard InChI is InChI=1S/C17H18N4O3/c1-10-12(11(2)24-21-10)9-18-16(22)8-7-15-17(23)20-14-6-4-3-5-13(14)19-15/h3-6H,7-9H2,1-2H3,(H,18,22)(H,20,23). The Balaban J connectivity index is 1.62. The van der Waals surface area contributed by atoms with E-state index < -0.39 is 0 Å². The Morgan fingerprint density at radius 1 is 1.29 bits per heavy atom. The fourth-order valence-electron chi connectivity index (χ4n) is 2.50. The Bertz CT molecular complexity index is 923. The van der Waals surface area contributed by atoms with Gasteiger partial charge in [-0.15, -0.1) is 0 Å². The summed E-state index contributed by atoms with van der Waals surface area (Å²) in [6, 6.07) is 7.31. The molecule has 0 radical (unpaired) electrons. The lowest BCUT2D eigenvalue weighted by Gasteiger charge is -2.05. The van der Waals surface area contributed by atoms with Gasteiger partial charge in [-0.25, -0.2) is 4.98 Å². The van der Waals surface area contributed by atoms with Crippen LogP contribution in [0.3, 0.4) is 0 Å². The Morgan fingerprint density at radius 3 is 2.83 bits per heavy atom. The molecule has 1 amide bonds. The molecule has 0 unspecified atom stereocenters. The molecule has 1 aromatic carbocycles. The normalized spacial score (nSPS) is 10.9. The largest absolute Gasteiger partial charge is 0.361 e. The molecule has 2 N–H and O–H groups in total. The van der Waals surface area contributed by atoms with Crippen molar-refractivity contribution in [2.24, 2.45) is 0 Å². The Labute approximate surface area is 138 Å². The number of amides is 1. The predicted molar refractivity (Wildman–Crippen MR) is 88.5 cm³/mol. The quantitative estimate of drug-likeness (QED) is 0.744. The van der Waals surface area contributed by atoms with Crippen molar-refractivity contribution in [2.45, 2.75) is 33.2 Å². The first kappa shape index (κ1) is 15.9.